The molecule has 4 heteroatoms. The number of aliphatic carboxylic acids is 1. The Hall–Kier alpha value is -1.42. The van der Waals surface area contributed by atoms with E-state index in [4.69, 9.17) is 0 Å². The average molecular weight is 279 g/mol. The van der Waals surface area contributed by atoms with Crippen molar-refractivity contribution in [3.63, 3.8) is 0 Å². The minimum atomic E-state index is -0.706. The highest BCUT2D eigenvalue weighted by atomic mass is 19.1. The monoisotopic (exact) mass is 279 g/mol. The van der Waals surface area contributed by atoms with Crippen molar-refractivity contribution in [1.82, 2.24) is 4.90 Å². The second-order valence-electron chi connectivity index (χ2n) is 5.70. The van der Waals surface area contributed by atoms with Crippen LogP contribution in [-0.4, -0.2) is 29.1 Å². The molecule has 1 N–H and O–H groups in total. The third-order valence-electron chi connectivity index (χ3n) is 4.18. The smallest absolute Gasteiger partial charge is 0.308 e. The second kappa shape index (κ2) is 6.84. The van der Waals surface area contributed by atoms with Crippen LogP contribution in [0.5, 0.6) is 0 Å². The summed E-state index contributed by atoms with van der Waals surface area (Å²) >= 11 is 0. The Bertz CT molecular complexity index is 464. The third-order valence-corrected chi connectivity index (χ3v) is 4.18. The predicted octanol–water partition coefficient (Wildman–Crippen LogP) is 3.29. The molecule has 20 heavy (non-hydrogen) atoms. The summed E-state index contributed by atoms with van der Waals surface area (Å²) in [5.74, 6) is -1.26. The second-order valence-corrected chi connectivity index (χ2v) is 5.70. The van der Waals surface area contributed by atoms with Gasteiger partial charge in [0.05, 0.1) is 5.92 Å². The Labute approximate surface area is 119 Å². The molecule has 1 aliphatic rings. The molecule has 0 bridgehead atoms. The van der Waals surface area contributed by atoms with Gasteiger partial charge in [-0.05, 0) is 37.6 Å². The zero-order valence-electron chi connectivity index (χ0n) is 11.9. The maximum absolute atomic E-state index is 13.2. The van der Waals surface area contributed by atoms with Gasteiger partial charge in [-0.2, -0.15) is 0 Å². The summed E-state index contributed by atoms with van der Waals surface area (Å²) < 4.78 is 13.2. The van der Waals surface area contributed by atoms with Gasteiger partial charge in [0.25, 0.3) is 0 Å². The standard InChI is InChI=1S/C16H22FNO2/c1-18(11-12-6-5-7-13(17)10-12)15-9-4-2-3-8-14(15)16(19)20/h5-7,10,14-15H,2-4,8-9,11H2,1H3,(H,19,20). The lowest BCUT2D eigenvalue weighted by Gasteiger charge is -2.31. The van der Waals surface area contributed by atoms with Crippen LogP contribution >= 0.6 is 0 Å². The number of carbonyl (C=O) groups is 1. The first kappa shape index (κ1) is 15.0. The molecule has 0 spiro atoms. The molecule has 1 fully saturated rings. The summed E-state index contributed by atoms with van der Waals surface area (Å²) in [6.45, 7) is 0.589. The van der Waals surface area contributed by atoms with E-state index in [2.05, 4.69) is 4.90 Å². The Morgan fingerprint density at radius 2 is 2.10 bits per heavy atom. The van der Waals surface area contributed by atoms with Crippen molar-refractivity contribution >= 4 is 5.97 Å². The van der Waals surface area contributed by atoms with Crippen LogP contribution in [-0.2, 0) is 11.3 Å². The highest BCUT2D eigenvalue weighted by Crippen LogP contribution is 2.28. The first-order valence-electron chi connectivity index (χ1n) is 7.25. The van der Waals surface area contributed by atoms with Gasteiger partial charge in [-0.3, -0.25) is 9.69 Å². The molecule has 0 radical (unpaired) electrons. The number of carboxylic acids is 1. The molecule has 1 aromatic carbocycles. The van der Waals surface area contributed by atoms with E-state index in [-0.39, 0.29) is 17.8 Å². The molecule has 1 aliphatic carbocycles. The van der Waals surface area contributed by atoms with Gasteiger partial charge in [0.15, 0.2) is 0 Å². The zero-order valence-corrected chi connectivity index (χ0v) is 11.9. The molecule has 3 nitrogen and oxygen atoms in total. The van der Waals surface area contributed by atoms with Crippen molar-refractivity contribution in [2.24, 2.45) is 5.92 Å². The van der Waals surface area contributed by atoms with Crippen LogP contribution in [0.25, 0.3) is 0 Å². The van der Waals surface area contributed by atoms with Crippen molar-refractivity contribution in [2.45, 2.75) is 44.7 Å². The fourth-order valence-corrected chi connectivity index (χ4v) is 3.14. The number of benzene rings is 1. The van der Waals surface area contributed by atoms with Crippen LogP contribution in [0.4, 0.5) is 4.39 Å². The molecular weight excluding hydrogens is 257 g/mol. The number of nitrogens with zero attached hydrogens (tertiary/aromatic N) is 1. The molecule has 0 aliphatic heterocycles. The lowest BCUT2D eigenvalue weighted by atomic mass is 9.93. The molecule has 2 atom stereocenters. The molecule has 0 heterocycles. The molecule has 110 valence electrons. The Kier molecular flexibility index (Phi) is 5.12. The minimum Gasteiger partial charge on any atom is -0.481 e. The highest BCUT2D eigenvalue weighted by Gasteiger charge is 2.32. The van der Waals surface area contributed by atoms with E-state index in [9.17, 15) is 14.3 Å². The minimum absolute atomic E-state index is 0.0401. The number of carboxylic acid groups (broad SMARTS) is 1. The third kappa shape index (κ3) is 3.79. The molecule has 1 saturated carbocycles. The molecular formula is C16H22FNO2. The van der Waals surface area contributed by atoms with Crippen LogP contribution < -0.4 is 0 Å². The number of halogens is 1. The summed E-state index contributed by atoms with van der Waals surface area (Å²) in [5.41, 5.74) is 0.890. The Morgan fingerprint density at radius 1 is 1.35 bits per heavy atom. The number of hydrogen-bond acceptors (Lipinski definition) is 2. The van der Waals surface area contributed by atoms with Crippen LogP contribution in [0.2, 0.25) is 0 Å². The Morgan fingerprint density at radius 3 is 2.80 bits per heavy atom. The molecule has 1 aromatic rings. The van der Waals surface area contributed by atoms with Gasteiger partial charge in [-0.15, -0.1) is 0 Å². The summed E-state index contributed by atoms with van der Waals surface area (Å²) in [4.78, 5) is 13.5. The van der Waals surface area contributed by atoms with Crippen molar-refractivity contribution in [3.8, 4) is 0 Å². The van der Waals surface area contributed by atoms with E-state index in [1.165, 1.54) is 12.1 Å². The molecule has 0 saturated heterocycles. The maximum Gasteiger partial charge on any atom is 0.308 e. The molecule has 0 aromatic heterocycles. The number of rotatable bonds is 4. The highest BCUT2D eigenvalue weighted by molar-refractivity contribution is 5.70. The van der Waals surface area contributed by atoms with E-state index < -0.39 is 5.97 Å². The topological polar surface area (TPSA) is 40.5 Å². The van der Waals surface area contributed by atoms with Gasteiger partial charge in [0.1, 0.15) is 5.82 Å². The maximum atomic E-state index is 13.2. The van der Waals surface area contributed by atoms with Gasteiger partial charge < -0.3 is 5.11 Å². The van der Waals surface area contributed by atoms with E-state index in [0.717, 1.165) is 37.7 Å². The van der Waals surface area contributed by atoms with Gasteiger partial charge in [-0.1, -0.05) is 31.4 Å². The van der Waals surface area contributed by atoms with Gasteiger partial charge in [-0.25, -0.2) is 4.39 Å². The summed E-state index contributed by atoms with van der Waals surface area (Å²) in [5, 5.41) is 9.41. The quantitative estimate of drug-likeness (QED) is 0.860. The van der Waals surface area contributed by atoms with Crippen molar-refractivity contribution in [1.29, 1.82) is 0 Å². The first-order valence-corrected chi connectivity index (χ1v) is 7.25. The fraction of sp³-hybridized carbons (Fsp3) is 0.562. The first-order chi connectivity index (χ1) is 9.58. The van der Waals surface area contributed by atoms with Crippen LogP contribution in [0.3, 0.4) is 0 Å². The van der Waals surface area contributed by atoms with E-state index >= 15 is 0 Å². The molecule has 2 unspecified atom stereocenters. The van der Waals surface area contributed by atoms with Gasteiger partial charge in [0.2, 0.25) is 0 Å². The SMILES string of the molecule is CN(Cc1cccc(F)c1)C1CCCCCC1C(=O)O. The Balaban J connectivity index is 2.08. The predicted molar refractivity (Wildman–Crippen MR) is 75.9 cm³/mol. The molecule has 0 amide bonds. The van der Waals surface area contributed by atoms with Gasteiger partial charge >= 0.3 is 5.97 Å². The van der Waals surface area contributed by atoms with E-state index in [1.54, 1.807) is 6.07 Å². The summed E-state index contributed by atoms with van der Waals surface area (Å²) in [6.07, 6.45) is 4.81. The summed E-state index contributed by atoms with van der Waals surface area (Å²) in [7, 11) is 1.94. The fourth-order valence-electron chi connectivity index (χ4n) is 3.14. The largest absolute Gasteiger partial charge is 0.481 e. The van der Waals surface area contributed by atoms with E-state index in [0.29, 0.717) is 6.54 Å². The van der Waals surface area contributed by atoms with Crippen molar-refractivity contribution in [2.75, 3.05) is 7.05 Å². The molecule has 2 rings (SSSR count). The van der Waals surface area contributed by atoms with Crippen molar-refractivity contribution in [3.05, 3.63) is 35.6 Å². The van der Waals surface area contributed by atoms with E-state index in [1.807, 2.05) is 13.1 Å². The average Bonchev–Trinajstić information content (AvgIpc) is 2.64. The summed E-state index contributed by atoms with van der Waals surface area (Å²) in [6, 6.07) is 6.56. The van der Waals surface area contributed by atoms with Crippen molar-refractivity contribution < 1.29 is 14.3 Å². The zero-order chi connectivity index (χ0) is 14.5. The number of hydrogen-bond donors (Lipinski definition) is 1. The van der Waals surface area contributed by atoms with Crippen LogP contribution in [0, 0.1) is 11.7 Å². The normalized spacial score (nSPS) is 23.6. The van der Waals surface area contributed by atoms with Crippen LogP contribution in [0.15, 0.2) is 24.3 Å². The van der Waals surface area contributed by atoms with Gasteiger partial charge in [0, 0.05) is 12.6 Å². The van der Waals surface area contributed by atoms with Crippen LogP contribution in [0.1, 0.15) is 37.7 Å². The lowest BCUT2D eigenvalue weighted by Crippen LogP contribution is -2.40. The lowest BCUT2D eigenvalue weighted by molar-refractivity contribution is -0.144.